The van der Waals surface area contributed by atoms with Crippen molar-refractivity contribution in [1.82, 2.24) is 4.90 Å². The first-order valence-electron chi connectivity index (χ1n) is 8.56. The minimum atomic E-state index is -4.13. The fraction of sp³-hybridized carbons (Fsp3) is 0.368. The number of allylic oxidation sites excluding steroid dienone is 2. The Morgan fingerprint density at radius 3 is 2.46 bits per heavy atom. The van der Waals surface area contributed by atoms with Crippen molar-refractivity contribution in [2.75, 3.05) is 40.2 Å². The Bertz CT molecular complexity index is 918. The topological polar surface area (TPSA) is 88.5 Å². The Kier molecular flexibility index (Phi) is 6.85. The average molecular weight is 407 g/mol. The third-order valence-corrected chi connectivity index (χ3v) is 5.07. The lowest BCUT2D eigenvalue weighted by atomic mass is 10.1. The Hall–Kier alpha value is -2.81. The van der Waals surface area contributed by atoms with Crippen LogP contribution in [-0.2, 0) is 14.8 Å². The summed E-state index contributed by atoms with van der Waals surface area (Å²) in [5.41, 5.74) is 0.528. The smallest absolute Gasteiger partial charge is 0.337 e. The van der Waals surface area contributed by atoms with Gasteiger partial charge in [0.1, 0.15) is 17.3 Å². The maximum absolute atomic E-state index is 12.9. The number of carbonyl (C=O) groups is 1. The number of rotatable bonds is 7. The van der Waals surface area contributed by atoms with Crippen LogP contribution >= 0.6 is 0 Å². The van der Waals surface area contributed by atoms with Crippen LogP contribution in [0.4, 0.5) is 5.69 Å². The van der Waals surface area contributed by atoms with E-state index in [0.717, 1.165) is 0 Å². The molecule has 0 amide bonds. The van der Waals surface area contributed by atoms with E-state index in [1.165, 1.54) is 30.5 Å². The van der Waals surface area contributed by atoms with Crippen molar-refractivity contribution in [2.45, 2.75) is 17.4 Å². The predicted octanol–water partition coefficient (Wildman–Crippen LogP) is 2.08. The van der Waals surface area contributed by atoms with Crippen LogP contribution in [0.15, 0.2) is 45.7 Å². The van der Waals surface area contributed by atoms with Crippen LogP contribution in [0.1, 0.15) is 16.8 Å². The zero-order valence-electron chi connectivity index (χ0n) is 16.6. The van der Waals surface area contributed by atoms with Crippen molar-refractivity contribution in [2.24, 2.45) is 4.40 Å². The number of benzene rings is 1. The Morgan fingerprint density at radius 2 is 1.93 bits per heavy atom. The van der Waals surface area contributed by atoms with E-state index in [0.29, 0.717) is 12.1 Å². The first-order chi connectivity index (χ1) is 13.2. The molecular weight excluding hydrogens is 382 g/mol. The molecule has 0 spiro atoms. The lowest BCUT2D eigenvalue weighted by molar-refractivity contribution is 0.0600. The second-order valence-corrected chi connectivity index (χ2v) is 8.17. The summed E-state index contributed by atoms with van der Waals surface area (Å²) < 4.78 is 40.4. The molecule has 0 aromatic heterocycles. The van der Waals surface area contributed by atoms with Gasteiger partial charge in [-0.15, -0.1) is 4.40 Å². The molecule has 0 N–H and O–H groups in total. The Balaban J connectivity index is 2.69. The number of carbonyl (C=O) groups excluding carboxylic acids is 1. The molecule has 0 bridgehead atoms. The summed E-state index contributed by atoms with van der Waals surface area (Å²) in [4.78, 5) is 15.1. The first-order valence-corrected chi connectivity index (χ1v) is 10.00. The largest absolute Gasteiger partial charge is 0.482 e. The minimum Gasteiger partial charge on any atom is -0.482 e. The molecule has 1 aliphatic carbocycles. The van der Waals surface area contributed by atoms with Crippen molar-refractivity contribution in [1.29, 1.82) is 0 Å². The first kappa shape index (κ1) is 21.5. The molecule has 0 fully saturated rings. The summed E-state index contributed by atoms with van der Waals surface area (Å²) >= 11 is 0. The van der Waals surface area contributed by atoms with E-state index in [9.17, 15) is 13.2 Å². The maximum atomic E-state index is 12.9. The van der Waals surface area contributed by atoms with E-state index in [1.54, 1.807) is 33.1 Å². The van der Waals surface area contributed by atoms with E-state index in [1.807, 2.05) is 24.3 Å². The highest BCUT2D eigenvalue weighted by Gasteiger charge is 2.27. The highest BCUT2D eigenvalue weighted by atomic mass is 32.2. The van der Waals surface area contributed by atoms with E-state index < -0.39 is 16.0 Å². The SMILES string of the molecule is COC(=O)c1cc(N(C)C)c(OC2C=CC=CC2)c(S(=O)(=O)/N=C\N(C)C)c1. The molecule has 8 nitrogen and oxygen atoms in total. The van der Waals surface area contributed by atoms with Gasteiger partial charge in [-0.25, -0.2) is 4.79 Å². The van der Waals surface area contributed by atoms with E-state index in [4.69, 9.17) is 9.47 Å². The van der Waals surface area contributed by atoms with Crippen molar-refractivity contribution >= 4 is 28.0 Å². The molecule has 0 saturated carbocycles. The highest BCUT2D eigenvalue weighted by Crippen LogP contribution is 2.38. The quantitative estimate of drug-likeness (QED) is 0.388. The van der Waals surface area contributed by atoms with Gasteiger partial charge in [0.05, 0.1) is 18.4 Å². The molecule has 1 unspecified atom stereocenters. The van der Waals surface area contributed by atoms with E-state index in [-0.39, 0.29) is 22.3 Å². The second-order valence-electron chi connectivity index (χ2n) is 6.57. The molecule has 1 aromatic carbocycles. The van der Waals surface area contributed by atoms with Gasteiger partial charge in [-0.2, -0.15) is 8.42 Å². The van der Waals surface area contributed by atoms with Gasteiger partial charge in [0.25, 0.3) is 10.0 Å². The average Bonchev–Trinajstić information content (AvgIpc) is 2.66. The predicted molar refractivity (Wildman–Crippen MR) is 109 cm³/mol. The van der Waals surface area contributed by atoms with Crippen LogP contribution in [0.5, 0.6) is 5.75 Å². The number of ether oxygens (including phenoxy) is 2. The molecule has 1 aliphatic rings. The van der Waals surface area contributed by atoms with Crippen LogP contribution in [0.3, 0.4) is 0 Å². The standard InChI is InChI=1S/C19H25N3O5S/c1-21(2)13-20-28(24,25)17-12-14(19(23)26-5)11-16(22(3)4)18(17)27-15-9-7-6-8-10-15/h6-9,11-13,15H,10H2,1-5H3/b20-13-. The molecule has 28 heavy (non-hydrogen) atoms. The molecule has 0 saturated heterocycles. The Labute approximate surface area is 165 Å². The minimum absolute atomic E-state index is 0.0938. The normalized spacial score (nSPS) is 16.2. The Morgan fingerprint density at radius 1 is 1.21 bits per heavy atom. The van der Waals surface area contributed by atoms with Crippen LogP contribution in [-0.4, -0.2) is 67.0 Å². The number of methoxy groups -OCH3 is 1. The van der Waals surface area contributed by atoms with Gasteiger partial charge in [-0.05, 0) is 18.2 Å². The zero-order chi connectivity index (χ0) is 20.9. The lowest BCUT2D eigenvalue weighted by Gasteiger charge is -2.24. The monoisotopic (exact) mass is 407 g/mol. The molecule has 0 radical (unpaired) electrons. The molecule has 1 atom stereocenters. The van der Waals surface area contributed by atoms with Crippen LogP contribution in [0, 0.1) is 0 Å². The van der Waals surface area contributed by atoms with Crippen molar-refractivity contribution in [3.05, 3.63) is 42.0 Å². The van der Waals surface area contributed by atoms with Crippen LogP contribution < -0.4 is 9.64 Å². The molecule has 0 heterocycles. The molecule has 9 heteroatoms. The van der Waals surface area contributed by atoms with Gasteiger partial charge in [0, 0.05) is 34.6 Å². The number of nitrogens with zero attached hydrogens (tertiary/aromatic N) is 3. The van der Waals surface area contributed by atoms with Crippen LogP contribution in [0.25, 0.3) is 0 Å². The van der Waals surface area contributed by atoms with Crippen molar-refractivity contribution < 1.29 is 22.7 Å². The van der Waals surface area contributed by atoms with Gasteiger partial charge >= 0.3 is 5.97 Å². The van der Waals surface area contributed by atoms with Crippen molar-refractivity contribution in [3.8, 4) is 5.75 Å². The fourth-order valence-corrected chi connectivity index (χ4v) is 3.56. The summed E-state index contributed by atoms with van der Waals surface area (Å²) in [7, 11) is 3.89. The molecular formula is C19H25N3O5S. The third-order valence-electron chi connectivity index (χ3n) is 3.84. The second kappa shape index (κ2) is 8.92. The molecule has 1 aromatic rings. The van der Waals surface area contributed by atoms with Gasteiger partial charge in [-0.3, -0.25) is 0 Å². The van der Waals surface area contributed by atoms with Crippen molar-refractivity contribution in [3.63, 3.8) is 0 Å². The van der Waals surface area contributed by atoms with Crippen LogP contribution in [0.2, 0.25) is 0 Å². The van der Waals surface area contributed by atoms with E-state index in [2.05, 4.69) is 4.40 Å². The number of hydrogen-bond acceptors (Lipinski definition) is 6. The maximum Gasteiger partial charge on any atom is 0.337 e. The highest BCUT2D eigenvalue weighted by molar-refractivity contribution is 7.90. The number of hydrogen-bond donors (Lipinski definition) is 0. The summed E-state index contributed by atoms with van der Waals surface area (Å²) in [6.45, 7) is 0. The van der Waals surface area contributed by atoms with Gasteiger partial charge in [-0.1, -0.05) is 18.2 Å². The molecule has 0 aliphatic heterocycles. The summed E-state index contributed by atoms with van der Waals surface area (Å²) in [5.74, 6) is -0.512. The lowest BCUT2D eigenvalue weighted by Crippen LogP contribution is -2.20. The summed E-state index contributed by atoms with van der Waals surface area (Å²) in [6.07, 6.45) is 8.95. The number of sulfonamides is 1. The molecule has 152 valence electrons. The summed E-state index contributed by atoms with van der Waals surface area (Å²) in [5, 5.41) is 0. The summed E-state index contributed by atoms with van der Waals surface area (Å²) in [6, 6.07) is 2.77. The van der Waals surface area contributed by atoms with Gasteiger partial charge < -0.3 is 19.3 Å². The van der Waals surface area contributed by atoms with E-state index >= 15 is 0 Å². The molecule has 2 rings (SSSR count). The fourth-order valence-electron chi connectivity index (χ4n) is 2.48. The number of anilines is 1. The van der Waals surface area contributed by atoms with Gasteiger partial charge in [0.2, 0.25) is 0 Å². The van der Waals surface area contributed by atoms with Gasteiger partial charge in [0.15, 0.2) is 5.75 Å². The zero-order valence-corrected chi connectivity index (χ0v) is 17.4. The third kappa shape index (κ3) is 5.13. The number of esters is 1.